The maximum absolute atomic E-state index is 13.2. The molecule has 2 fully saturated rings. The van der Waals surface area contributed by atoms with E-state index in [-0.39, 0.29) is 11.6 Å². The largest absolute Gasteiger partial charge is 0.453 e. The molecular weight excluding hydrogens is 550 g/mol. The van der Waals surface area contributed by atoms with Gasteiger partial charge in [-0.2, -0.15) is 0 Å². The summed E-state index contributed by atoms with van der Waals surface area (Å²) in [7, 11) is -2.96. The lowest BCUT2D eigenvalue weighted by Crippen LogP contribution is -2.67. The van der Waals surface area contributed by atoms with Gasteiger partial charge < -0.3 is 23.4 Å². The van der Waals surface area contributed by atoms with Crippen molar-refractivity contribution in [1.29, 1.82) is 0 Å². The van der Waals surface area contributed by atoms with Crippen LogP contribution < -0.4 is 10.4 Å². The van der Waals surface area contributed by atoms with Gasteiger partial charge in [0.05, 0.1) is 11.6 Å². The molecule has 42 heavy (non-hydrogen) atoms. The van der Waals surface area contributed by atoms with E-state index >= 15 is 0 Å². The molecule has 2 aliphatic rings. The summed E-state index contributed by atoms with van der Waals surface area (Å²) < 4.78 is 31.5. The second kappa shape index (κ2) is 12.0. The van der Waals surface area contributed by atoms with Crippen LogP contribution in [-0.4, -0.2) is 57.3 Å². The van der Waals surface area contributed by atoms with Gasteiger partial charge in [-0.1, -0.05) is 105 Å². The van der Waals surface area contributed by atoms with Crippen LogP contribution in [0.25, 0.3) is 10.4 Å². The lowest BCUT2D eigenvalue weighted by atomic mass is 10.0. The lowest BCUT2D eigenvalue weighted by molar-refractivity contribution is -0.217. The van der Waals surface area contributed by atoms with Crippen molar-refractivity contribution >= 4 is 24.7 Å². The molecule has 220 valence electrons. The molecule has 0 bridgehead atoms. The van der Waals surface area contributed by atoms with Crippen molar-refractivity contribution in [1.82, 2.24) is 0 Å². The summed E-state index contributed by atoms with van der Waals surface area (Å²) in [5.74, 6) is -1.47. The van der Waals surface area contributed by atoms with Gasteiger partial charge in [0.25, 0.3) is 8.32 Å². The van der Waals surface area contributed by atoms with E-state index in [0.717, 1.165) is 10.4 Å². The van der Waals surface area contributed by atoms with Crippen molar-refractivity contribution in [3.05, 3.63) is 107 Å². The van der Waals surface area contributed by atoms with E-state index in [1.165, 1.54) is 0 Å². The minimum Gasteiger partial charge on any atom is -0.453 e. The molecule has 9 nitrogen and oxygen atoms in total. The Morgan fingerprint density at radius 2 is 1.50 bits per heavy atom. The predicted octanol–water partition coefficient (Wildman–Crippen LogP) is 5.34. The molecule has 0 amide bonds. The van der Waals surface area contributed by atoms with Gasteiger partial charge in [-0.3, -0.25) is 0 Å². The third-order valence-electron chi connectivity index (χ3n) is 7.75. The van der Waals surface area contributed by atoms with Gasteiger partial charge in [-0.25, -0.2) is 4.79 Å². The minimum atomic E-state index is -2.96. The van der Waals surface area contributed by atoms with E-state index in [4.69, 9.17) is 23.4 Å². The fraction of sp³-hybridized carbons (Fsp3) is 0.406. The fourth-order valence-corrected chi connectivity index (χ4v) is 10.5. The van der Waals surface area contributed by atoms with Crippen LogP contribution >= 0.6 is 0 Å². The first kappa shape index (κ1) is 30.0. The third-order valence-corrected chi connectivity index (χ3v) is 12.8. The Morgan fingerprint density at radius 3 is 2.02 bits per heavy atom. The number of hydrogen-bond donors (Lipinski definition) is 0. The normalized spacial score (nSPS) is 23.9. The van der Waals surface area contributed by atoms with E-state index in [1.807, 2.05) is 42.5 Å². The minimum absolute atomic E-state index is 0.0320. The van der Waals surface area contributed by atoms with Crippen LogP contribution in [0.15, 0.2) is 96.1 Å². The molecule has 3 aromatic carbocycles. The Balaban J connectivity index is 1.50. The van der Waals surface area contributed by atoms with Crippen LogP contribution in [0.1, 0.15) is 45.0 Å². The van der Waals surface area contributed by atoms with Gasteiger partial charge in [0.2, 0.25) is 0 Å². The molecule has 3 aromatic rings. The monoisotopic (exact) mass is 587 g/mol. The molecule has 0 spiro atoms. The first-order valence-corrected chi connectivity index (χ1v) is 16.0. The molecule has 2 heterocycles. The molecule has 2 aliphatic heterocycles. The Bertz CT molecular complexity index is 1370. The second-order valence-electron chi connectivity index (χ2n) is 12.1. The Hall–Kier alpha value is -3.50. The van der Waals surface area contributed by atoms with Gasteiger partial charge in [0, 0.05) is 11.5 Å². The van der Waals surface area contributed by atoms with Gasteiger partial charge in [0.1, 0.15) is 6.10 Å². The summed E-state index contributed by atoms with van der Waals surface area (Å²) in [4.78, 5) is 16.3. The van der Waals surface area contributed by atoms with Gasteiger partial charge >= 0.3 is 5.97 Å². The average Bonchev–Trinajstić information content (AvgIpc) is 3.45. The van der Waals surface area contributed by atoms with Crippen LogP contribution in [0.5, 0.6) is 0 Å². The van der Waals surface area contributed by atoms with E-state index in [1.54, 1.807) is 38.1 Å². The second-order valence-corrected chi connectivity index (χ2v) is 16.4. The Labute approximate surface area is 247 Å². The predicted molar refractivity (Wildman–Crippen MR) is 161 cm³/mol. The van der Waals surface area contributed by atoms with Crippen LogP contribution in [0.3, 0.4) is 0 Å². The maximum atomic E-state index is 13.2. The van der Waals surface area contributed by atoms with E-state index in [2.05, 4.69) is 55.1 Å². The number of hydrogen-bond acceptors (Lipinski definition) is 7. The summed E-state index contributed by atoms with van der Waals surface area (Å²) in [6.45, 7) is 10.1. The number of esters is 1. The van der Waals surface area contributed by atoms with Gasteiger partial charge in [0.15, 0.2) is 24.3 Å². The maximum Gasteiger partial charge on any atom is 0.338 e. The molecule has 0 unspecified atom stereocenters. The highest BCUT2D eigenvalue weighted by atomic mass is 28.4. The van der Waals surface area contributed by atoms with Crippen molar-refractivity contribution in [3.63, 3.8) is 0 Å². The summed E-state index contributed by atoms with van der Waals surface area (Å²) in [5.41, 5.74) is 10.0. The number of benzene rings is 3. The zero-order valence-corrected chi connectivity index (χ0v) is 25.5. The number of azide groups is 1. The first-order valence-electron chi connectivity index (χ1n) is 14.1. The van der Waals surface area contributed by atoms with E-state index < -0.39 is 50.7 Å². The zero-order valence-electron chi connectivity index (χ0n) is 24.5. The van der Waals surface area contributed by atoms with Crippen molar-refractivity contribution in [2.75, 3.05) is 6.61 Å². The van der Waals surface area contributed by atoms with Crippen molar-refractivity contribution < 1.29 is 28.2 Å². The molecule has 0 aliphatic carbocycles. The molecular formula is C32H37N3O6Si. The van der Waals surface area contributed by atoms with Gasteiger partial charge in [-0.05, 0) is 46.9 Å². The highest BCUT2D eigenvalue weighted by molar-refractivity contribution is 6.99. The van der Waals surface area contributed by atoms with Crippen molar-refractivity contribution in [2.45, 2.75) is 76.1 Å². The topological polar surface area (TPSA) is 112 Å². The summed E-state index contributed by atoms with van der Waals surface area (Å²) in [6.07, 6.45) is -3.27. The number of ether oxygens (including phenoxy) is 4. The summed E-state index contributed by atoms with van der Waals surface area (Å²) in [5, 5.41) is 6.01. The Morgan fingerprint density at radius 1 is 0.952 bits per heavy atom. The number of carbonyl (C=O) groups is 1. The number of rotatable bonds is 9. The number of fused-ring (bicyclic) bond motifs is 1. The molecule has 0 radical (unpaired) electrons. The molecule has 0 saturated carbocycles. The molecule has 2 saturated heterocycles. The van der Waals surface area contributed by atoms with Crippen LogP contribution in [0, 0.1) is 0 Å². The fourth-order valence-electron chi connectivity index (χ4n) is 5.95. The molecule has 5 rings (SSSR count). The van der Waals surface area contributed by atoms with E-state index in [0.29, 0.717) is 5.56 Å². The molecule has 5 atom stereocenters. The van der Waals surface area contributed by atoms with Crippen LogP contribution in [0.2, 0.25) is 5.04 Å². The average molecular weight is 588 g/mol. The van der Waals surface area contributed by atoms with Crippen LogP contribution in [0.4, 0.5) is 0 Å². The quantitative estimate of drug-likeness (QED) is 0.110. The molecule has 0 aromatic heterocycles. The first-order chi connectivity index (χ1) is 20.1. The standard InChI is InChI=1S/C32H37N3O6Si/c1-31(2,3)42(23-17-11-7-12-18-23,24-19-13-8-14-20-24)37-21-25(34-35-33)26-27(28-30(39-26)41-32(4,5)40-28)38-29(36)22-15-9-6-10-16-22/h6-20,25-28,30H,21H2,1-5H3/t25-,26+,27+,28+,30+/m0/s1. The zero-order chi connectivity index (χ0) is 30.0. The third kappa shape index (κ3) is 5.87. The van der Waals surface area contributed by atoms with Crippen LogP contribution in [-0.2, 0) is 23.4 Å². The van der Waals surface area contributed by atoms with E-state index in [9.17, 15) is 10.3 Å². The Kier molecular flexibility index (Phi) is 8.57. The SMILES string of the molecule is CC1(C)O[C@H]2O[C@H]([C@H](CO[Si](c3ccccc3)(c3ccccc3)C(C)(C)C)N=[N+]=[N-])[C@@H](OC(=O)c3ccccc3)[C@H]2O1. The lowest BCUT2D eigenvalue weighted by Gasteiger charge is -2.44. The van der Waals surface area contributed by atoms with Crippen molar-refractivity contribution in [2.24, 2.45) is 5.11 Å². The highest BCUT2D eigenvalue weighted by Crippen LogP contribution is 2.42. The number of nitrogens with zero attached hydrogens (tertiary/aromatic N) is 3. The smallest absolute Gasteiger partial charge is 0.338 e. The molecule has 10 heteroatoms. The highest BCUT2D eigenvalue weighted by Gasteiger charge is 2.59. The molecule has 0 N–H and O–H groups in total. The summed E-state index contributed by atoms with van der Waals surface area (Å²) in [6, 6.07) is 28.3. The van der Waals surface area contributed by atoms with Gasteiger partial charge in [-0.15, -0.1) is 0 Å². The van der Waals surface area contributed by atoms with Crippen molar-refractivity contribution in [3.8, 4) is 0 Å². The summed E-state index contributed by atoms with van der Waals surface area (Å²) >= 11 is 0. The number of carbonyl (C=O) groups excluding carboxylic acids is 1.